The molecular formula is C14H25N3O5. The topological polar surface area (TPSA) is 95.7 Å². The van der Waals surface area contributed by atoms with Gasteiger partial charge in [-0.3, -0.25) is 0 Å². The minimum atomic E-state index is 0.0296. The number of ether oxygens (including phenoxy) is 3. The van der Waals surface area contributed by atoms with E-state index < -0.39 is 0 Å². The van der Waals surface area contributed by atoms with Gasteiger partial charge in [0.25, 0.3) is 0 Å². The molecule has 0 aliphatic carbocycles. The predicted octanol–water partition coefficient (Wildman–Crippen LogP) is -0.158. The van der Waals surface area contributed by atoms with Crippen LogP contribution in [0.25, 0.3) is 0 Å². The first-order valence-electron chi connectivity index (χ1n) is 7.45. The van der Waals surface area contributed by atoms with Crippen molar-refractivity contribution in [2.24, 2.45) is 0 Å². The van der Waals surface area contributed by atoms with Gasteiger partial charge >= 0.3 is 0 Å². The van der Waals surface area contributed by atoms with E-state index in [9.17, 15) is 4.79 Å². The number of hydrogen-bond donors (Lipinski definition) is 1. The van der Waals surface area contributed by atoms with E-state index in [4.69, 9.17) is 19.3 Å². The molecule has 8 heteroatoms. The highest BCUT2D eigenvalue weighted by Gasteiger charge is 2.02. The molecule has 1 N–H and O–H groups in total. The molecule has 126 valence electrons. The normalized spacial score (nSPS) is 11.0. The average Bonchev–Trinajstić information content (AvgIpc) is 2.95. The van der Waals surface area contributed by atoms with Crippen LogP contribution in [-0.2, 0) is 32.0 Å². The minimum Gasteiger partial charge on any atom is -0.394 e. The summed E-state index contributed by atoms with van der Waals surface area (Å²) in [6.07, 6.45) is 2.96. The van der Waals surface area contributed by atoms with Crippen LogP contribution in [0.15, 0.2) is 6.20 Å². The summed E-state index contributed by atoms with van der Waals surface area (Å²) in [5.74, 6) is 0.152. The van der Waals surface area contributed by atoms with Gasteiger partial charge in [-0.25, -0.2) is 4.68 Å². The lowest BCUT2D eigenvalue weighted by Crippen LogP contribution is -2.13. The number of carbonyl (C=O) groups is 1. The Morgan fingerprint density at radius 2 is 1.77 bits per heavy atom. The van der Waals surface area contributed by atoms with Gasteiger partial charge in [0, 0.05) is 12.6 Å². The van der Waals surface area contributed by atoms with Gasteiger partial charge < -0.3 is 24.1 Å². The standard InChI is InChI=1S/C14H25N3O5/c1-13(19)2-3-14-12-17(16-15-14)4-6-20-8-10-22-11-9-21-7-5-18/h12,18H,2-11H2,1H3. The fourth-order valence-electron chi connectivity index (χ4n) is 1.63. The van der Waals surface area contributed by atoms with Crippen LogP contribution in [0.3, 0.4) is 0 Å². The molecule has 1 rings (SSSR count). The Hall–Kier alpha value is -1.35. The summed E-state index contributed by atoms with van der Waals surface area (Å²) < 4.78 is 17.5. The summed E-state index contributed by atoms with van der Waals surface area (Å²) in [5, 5.41) is 16.5. The van der Waals surface area contributed by atoms with E-state index in [2.05, 4.69) is 10.3 Å². The predicted molar refractivity (Wildman–Crippen MR) is 78.6 cm³/mol. The lowest BCUT2D eigenvalue weighted by Gasteiger charge is -2.06. The molecule has 0 bridgehead atoms. The summed E-state index contributed by atoms with van der Waals surface area (Å²) in [7, 11) is 0. The number of aliphatic hydroxyl groups is 1. The maximum Gasteiger partial charge on any atom is 0.130 e. The van der Waals surface area contributed by atoms with Gasteiger partial charge in [-0.05, 0) is 13.3 Å². The zero-order valence-corrected chi connectivity index (χ0v) is 13.1. The van der Waals surface area contributed by atoms with E-state index in [0.29, 0.717) is 59.0 Å². The third-order valence-electron chi connectivity index (χ3n) is 2.76. The minimum absolute atomic E-state index is 0.0296. The van der Waals surface area contributed by atoms with Crippen molar-refractivity contribution < 1.29 is 24.1 Å². The summed E-state index contributed by atoms with van der Waals surface area (Å²) in [6.45, 7) is 5.06. The van der Waals surface area contributed by atoms with E-state index in [1.54, 1.807) is 11.6 Å². The summed E-state index contributed by atoms with van der Waals surface area (Å²) >= 11 is 0. The molecule has 22 heavy (non-hydrogen) atoms. The van der Waals surface area contributed by atoms with Crippen molar-refractivity contribution in [3.05, 3.63) is 11.9 Å². The number of aryl methyl sites for hydroxylation is 1. The highest BCUT2D eigenvalue weighted by molar-refractivity contribution is 5.75. The van der Waals surface area contributed by atoms with E-state index in [0.717, 1.165) is 5.69 Å². The fourth-order valence-corrected chi connectivity index (χ4v) is 1.63. The van der Waals surface area contributed by atoms with Crippen LogP contribution in [-0.4, -0.2) is 72.1 Å². The van der Waals surface area contributed by atoms with Crippen molar-refractivity contribution >= 4 is 5.78 Å². The van der Waals surface area contributed by atoms with Gasteiger partial charge in [-0.1, -0.05) is 5.21 Å². The highest BCUT2D eigenvalue weighted by Crippen LogP contribution is 1.98. The van der Waals surface area contributed by atoms with Crippen LogP contribution in [0.1, 0.15) is 19.0 Å². The highest BCUT2D eigenvalue weighted by atomic mass is 16.5. The van der Waals surface area contributed by atoms with Gasteiger partial charge in [0.05, 0.1) is 58.5 Å². The molecule has 0 spiro atoms. The maximum absolute atomic E-state index is 10.9. The quantitative estimate of drug-likeness (QED) is 0.477. The van der Waals surface area contributed by atoms with Crippen molar-refractivity contribution in [2.45, 2.75) is 26.3 Å². The second-order valence-corrected chi connectivity index (χ2v) is 4.74. The molecule has 0 radical (unpaired) electrons. The van der Waals surface area contributed by atoms with Crippen molar-refractivity contribution in [1.82, 2.24) is 15.0 Å². The number of Topliss-reactive ketones (excluding diaryl/α,β-unsaturated/α-hetero) is 1. The van der Waals surface area contributed by atoms with Crippen molar-refractivity contribution in [2.75, 3.05) is 46.2 Å². The monoisotopic (exact) mass is 315 g/mol. The van der Waals surface area contributed by atoms with Crippen molar-refractivity contribution in [3.8, 4) is 0 Å². The first kappa shape index (κ1) is 18.7. The molecule has 0 fully saturated rings. The van der Waals surface area contributed by atoms with Crippen molar-refractivity contribution in [3.63, 3.8) is 0 Å². The van der Waals surface area contributed by atoms with Gasteiger partial charge in [-0.2, -0.15) is 0 Å². The summed E-state index contributed by atoms with van der Waals surface area (Å²) in [4.78, 5) is 10.9. The van der Waals surface area contributed by atoms with E-state index in [1.165, 1.54) is 0 Å². The van der Waals surface area contributed by atoms with E-state index in [-0.39, 0.29) is 12.4 Å². The Labute approximate surface area is 130 Å². The lowest BCUT2D eigenvalue weighted by atomic mass is 10.2. The van der Waals surface area contributed by atoms with Gasteiger partial charge in [0.1, 0.15) is 5.78 Å². The lowest BCUT2D eigenvalue weighted by molar-refractivity contribution is -0.116. The Kier molecular flexibility index (Phi) is 10.4. The van der Waals surface area contributed by atoms with Gasteiger partial charge in [0.15, 0.2) is 0 Å². The zero-order valence-electron chi connectivity index (χ0n) is 13.1. The number of nitrogens with zero attached hydrogens (tertiary/aromatic N) is 3. The maximum atomic E-state index is 10.9. The Bertz CT molecular complexity index is 411. The van der Waals surface area contributed by atoms with Crippen molar-refractivity contribution in [1.29, 1.82) is 0 Å². The van der Waals surface area contributed by atoms with Crippen LogP contribution < -0.4 is 0 Å². The van der Waals surface area contributed by atoms with Crippen LogP contribution >= 0.6 is 0 Å². The second kappa shape index (κ2) is 12.2. The number of ketones is 1. The second-order valence-electron chi connectivity index (χ2n) is 4.74. The summed E-state index contributed by atoms with van der Waals surface area (Å²) in [6, 6.07) is 0. The molecule has 0 amide bonds. The number of hydrogen-bond acceptors (Lipinski definition) is 7. The number of rotatable bonds is 14. The molecule has 1 aromatic rings. The largest absolute Gasteiger partial charge is 0.394 e. The van der Waals surface area contributed by atoms with E-state index >= 15 is 0 Å². The Balaban J connectivity index is 1.95. The van der Waals surface area contributed by atoms with Crippen LogP contribution in [0.5, 0.6) is 0 Å². The van der Waals surface area contributed by atoms with Crippen LogP contribution in [0.4, 0.5) is 0 Å². The summed E-state index contributed by atoms with van der Waals surface area (Å²) in [5.41, 5.74) is 0.821. The molecule has 0 saturated carbocycles. The molecule has 1 heterocycles. The molecule has 0 aliphatic heterocycles. The van der Waals surface area contributed by atoms with E-state index in [1.807, 2.05) is 6.20 Å². The first-order valence-corrected chi connectivity index (χ1v) is 7.45. The molecule has 1 aromatic heterocycles. The molecule has 0 aliphatic rings. The SMILES string of the molecule is CC(=O)CCc1cn(CCOCCOCCOCCO)nn1. The molecular weight excluding hydrogens is 290 g/mol. The number of aromatic nitrogens is 3. The third kappa shape index (κ3) is 9.56. The van der Waals surface area contributed by atoms with Crippen LogP contribution in [0.2, 0.25) is 0 Å². The Morgan fingerprint density at radius 1 is 1.14 bits per heavy atom. The molecule has 0 aromatic carbocycles. The Morgan fingerprint density at radius 3 is 2.41 bits per heavy atom. The average molecular weight is 315 g/mol. The number of aliphatic hydroxyl groups excluding tert-OH is 1. The molecule has 0 unspecified atom stereocenters. The molecule has 8 nitrogen and oxygen atoms in total. The van der Waals surface area contributed by atoms with Crippen LogP contribution in [0, 0.1) is 0 Å². The van der Waals surface area contributed by atoms with Gasteiger partial charge in [-0.15, -0.1) is 5.10 Å². The zero-order chi connectivity index (χ0) is 16.0. The number of carbonyl (C=O) groups excluding carboxylic acids is 1. The third-order valence-corrected chi connectivity index (χ3v) is 2.76. The first-order chi connectivity index (χ1) is 10.7. The molecule has 0 saturated heterocycles. The smallest absolute Gasteiger partial charge is 0.130 e. The molecule has 0 atom stereocenters. The fraction of sp³-hybridized carbons (Fsp3) is 0.786. The van der Waals surface area contributed by atoms with Gasteiger partial charge in [0.2, 0.25) is 0 Å².